The molecule has 0 spiro atoms. The van der Waals surface area contributed by atoms with E-state index in [-0.39, 0.29) is 52.8 Å². The summed E-state index contributed by atoms with van der Waals surface area (Å²) in [4.78, 5) is 54.0. The van der Waals surface area contributed by atoms with Crippen molar-refractivity contribution < 1.29 is 23.9 Å². The summed E-state index contributed by atoms with van der Waals surface area (Å²) in [6, 6.07) is 22.9. The molecule has 6 rings (SSSR count). The summed E-state index contributed by atoms with van der Waals surface area (Å²) in [6.45, 7) is 1.51. The zero-order valence-corrected chi connectivity index (χ0v) is 21.5. The monoisotopic (exact) mass is 527 g/mol. The van der Waals surface area contributed by atoms with Crippen LogP contribution in [0.2, 0.25) is 5.02 Å². The van der Waals surface area contributed by atoms with Crippen LogP contribution in [0.25, 0.3) is 0 Å². The number of fused-ring (bicyclic) bond motifs is 5. The highest BCUT2D eigenvalue weighted by molar-refractivity contribution is 6.30. The van der Waals surface area contributed by atoms with Crippen molar-refractivity contribution in [2.45, 2.75) is 31.8 Å². The highest BCUT2D eigenvalue weighted by Crippen LogP contribution is 2.61. The van der Waals surface area contributed by atoms with E-state index in [4.69, 9.17) is 16.3 Å². The molecule has 3 fully saturated rings. The number of rotatable bonds is 6. The van der Waals surface area contributed by atoms with E-state index >= 15 is 0 Å². The SMILES string of the molecule is C[C@H](OC(=O)c1cccc(N2C(=O)[C@@H]3[C@@H]4C[C@@H]([C@@H]3C2=O)[C@@H](c2ccccc2)C4)c1)C(=O)c1ccc(Cl)cc1. The minimum atomic E-state index is -1.02. The van der Waals surface area contributed by atoms with Crippen LogP contribution in [0.3, 0.4) is 0 Å². The summed E-state index contributed by atoms with van der Waals surface area (Å²) in [5.74, 6) is -1.47. The molecule has 3 aromatic carbocycles. The first-order valence-corrected chi connectivity index (χ1v) is 13.2. The van der Waals surface area contributed by atoms with E-state index in [9.17, 15) is 19.2 Å². The van der Waals surface area contributed by atoms with Crippen LogP contribution in [-0.4, -0.2) is 29.7 Å². The lowest BCUT2D eigenvalue weighted by Crippen LogP contribution is -2.33. The lowest BCUT2D eigenvalue weighted by Gasteiger charge is -2.28. The third-order valence-corrected chi connectivity index (χ3v) is 8.62. The first-order chi connectivity index (χ1) is 18.3. The number of hydrogen-bond acceptors (Lipinski definition) is 5. The van der Waals surface area contributed by atoms with E-state index < -0.39 is 12.1 Å². The predicted molar refractivity (Wildman–Crippen MR) is 142 cm³/mol. The fraction of sp³-hybridized carbons (Fsp3) is 0.290. The van der Waals surface area contributed by atoms with E-state index in [1.807, 2.05) is 18.2 Å². The van der Waals surface area contributed by atoms with Crippen LogP contribution in [0.4, 0.5) is 5.69 Å². The molecule has 192 valence electrons. The van der Waals surface area contributed by atoms with Crippen LogP contribution in [0, 0.1) is 23.7 Å². The second kappa shape index (κ2) is 9.52. The molecule has 0 unspecified atom stereocenters. The molecule has 2 aliphatic carbocycles. The van der Waals surface area contributed by atoms with Gasteiger partial charge in [-0.25, -0.2) is 4.79 Å². The summed E-state index contributed by atoms with van der Waals surface area (Å²) in [5.41, 5.74) is 2.13. The molecule has 0 aromatic heterocycles. The Kier molecular flexibility index (Phi) is 6.15. The number of imide groups is 1. The minimum Gasteiger partial charge on any atom is -0.451 e. The van der Waals surface area contributed by atoms with Crippen LogP contribution in [0.5, 0.6) is 0 Å². The van der Waals surface area contributed by atoms with E-state index in [1.165, 1.54) is 23.5 Å². The maximum atomic E-state index is 13.6. The Hall–Kier alpha value is -3.77. The summed E-state index contributed by atoms with van der Waals surface area (Å²) >= 11 is 5.89. The number of amides is 2. The quantitative estimate of drug-likeness (QED) is 0.233. The number of carbonyl (C=O) groups excluding carboxylic acids is 4. The van der Waals surface area contributed by atoms with Crippen LogP contribution in [0.15, 0.2) is 78.9 Å². The molecule has 3 aromatic rings. The molecule has 1 heterocycles. The summed E-state index contributed by atoms with van der Waals surface area (Å²) < 4.78 is 5.43. The van der Waals surface area contributed by atoms with Crippen LogP contribution in [-0.2, 0) is 14.3 Å². The van der Waals surface area contributed by atoms with Gasteiger partial charge in [-0.05, 0) is 85.5 Å². The van der Waals surface area contributed by atoms with Gasteiger partial charge in [-0.2, -0.15) is 0 Å². The van der Waals surface area contributed by atoms with E-state index in [1.54, 1.807) is 42.5 Å². The zero-order valence-electron chi connectivity index (χ0n) is 20.8. The molecule has 1 aliphatic heterocycles. The number of anilines is 1. The highest BCUT2D eigenvalue weighted by atomic mass is 35.5. The average Bonchev–Trinajstić information content (AvgIpc) is 3.60. The molecule has 1 saturated heterocycles. The topological polar surface area (TPSA) is 80.8 Å². The van der Waals surface area contributed by atoms with Crippen LogP contribution < -0.4 is 4.90 Å². The molecule has 7 heteroatoms. The van der Waals surface area contributed by atoms with Crippen molar-refractivity contribution in [3.63, 3.8) is 0 Å². The van der Waals surface area contributed by atoms with Gasteiger partial charge >= 0.3 is 5.97 Å². The van der Waals surface area contributed by atoms with Crippen molar-refractivity contribution in [1.82, 2.24) is 0 Å². The number of ether oxygens (including phenoxy) is 1. The lowest BCUT2D eigenvalue weighted by atomic mass is 9.73. The number of benzene rings is 3. The molecular formula is C31H26ClNO5. The third-order valence-electron chi connectivity index (χ3n) is 8.37. The van der Waals surface area contributed by atoms with E-state index in [0.29, 0.717) is 16.3 Å². The van der Waals surface area contributed by atoms with Crippen molar-refractivity contribution in [3.8, 4) is 0 Å². The summed E-state index contributed by atoms with van der Waals surface area (Å²) in [7, 11) is 0. The Balaban J connectivity index is 1.19. The first-order valence-electron chi connectivity index (χ1n) is 12.9. The van der Waals surface area contributed by atoms with Gasteiger partial charge in [0.05, 0.1) is 23.1 Å². The Morgan fingerprint density at radius 3 is 2.32 bits per heavy atom. The molecule has 6 atom stereocenters. The Labute approximate surface area is 225 Å². The second-order valence-corrected chi connectivity index (χ2v) is 10.9. The van der Waals surface area contributed by atoms with Gasteiger partial charge in [-0.15, -0.1) is 0 Å². The fourth-order valence-corrected chi connectivity index (χ4v) is 6.83. The molecule has 38 heavy (non-hydrogen) atoms. The number of esters is 1. The van der Waals surface area contributed by atoms with Crippen LogP contribution in [0.1, 0.15) is 52.0 Å². The number of Topliss-reactive ketones (excluding diaryl/α,β-unsaturated/α-hetero) is 1. The molecule has 0 N–H and O–H groups in total. The number of halogens is 1. The van der Waals surface area contributed by atoms with Crippen molar-refractivity contribution in [3.05, 3.63) is 101 Å². The molecule has 6 nitrogen and oxygen atoms in total. The maximum absolute atomic E-state index is 13.6. The number of carbonyl (C=O) groups is 4. The normalized spacial score (nSPS) is 26.4. The number of ketones is 1. The van der Waals surface area contributed by atoms with Gasteiger partial charge in [0, 0.05) is 10.6 Å². The number of hydrogen-bond donors (Lipinski definition) is 0. The van der Waals surface area contributed by atoms with Gasteiger partial charge in [0.15, 0.2) is 6.10 Å². The Bertz CT molecular complexity index is 1440. The van der Waals surface area contributed by atoms with Gasteiger partial charge in [0.1, 0.15) is 0 Å². The predicted octanol–water partition coefficient (Wildman–Crippen LogP) is 5.70. The highest BCUT2D eigenvalue weighted by Gasteiger charge is 2.64. The lowest BCUT2D eigenvalue weighted by molar-refractivity contribution is -0.123. The fourth-order valence-electron chi connectivity index (χ4n) is 6.70. The smallest absolute Gasteiger partial charge is 0.338 e. The molecule has 2 amide bonds. The van der Waals surface area contributed by atoms with Gasteiger partial charge in [-0.1, -0.05) is 48.0 Å². The van der Waals surface area contributed by atoms with Gasteiger partial charge < -0.3 is 4.74 Å². The van der Waals surface area contributed by atoms with Crippen molar-refractivity contribution in [2.24, 2.45) is 23.7 Å². The van der Waals surface area contributed by atoms with Gasteiger partial charge in [0.25, 0.3) is 0 Å². The van der Waals surface area contributed by atoms with Crippen molar-refractivity contribution in [2.75, 3.05) is 4.90 Å². The standard InChI is InChI=1S/C31H26ClNO5/c1-17(28(34)19-10-12-22(32)13-11-19)38-31(37)20-8-5-9-23(14-20)33-29(35)26-21-15-24(18-6-3-2-4-7-18)25(16-21)27(26)30(33)36/h2-14,17,21,24-27H,15-16H2,1H3/t17-,21-,24+,25+,26+,27-/m0/s1. The maximum Gasteiger partial charge on any atom is 0.338 e. The van der Waals surface area contributed by atoms with E-state index in [0.717, 1.165) is 12.8 Å². The van der Waals surface area contributed by atoms with Gasteiger partial charge in [-0.3, -0.25) is 19.3 Å². The zero-order chi connectivity index (χ0) is 26.6. The molecule has 0 radical (unpaired) electrons. The minimum absolute atomic E-state index is 0.140. The van der Waals surface area contributed by atoms with Crippen molar-refractivity contribution in [1.29, 1.82) is 0 Å². The molecular weight excluding hydrogens is 502 g/mol. The number of nitrogens with zero attached hydrogens (tertiary/aromatic N) is 1. The average molecular weight is 528 g/mol. The van der Waals surface area contributed by atoms with Gasteiger partial charge in [0.2, 0.25) is 17.6 Å². The van der Waals surface area contributed by atoms with Crippen LogP contribution >= 0.6 is 11.6 Å². The largest absolute Gasteiger partial charge is 0.451 e. The summed E-state index contributed by atoms with van der Waals surface area (Å²) in [5, 5.41) is 0.502. The molecule has 2 bridgehead atoms. The third kappa shape index (κ3) is 4.04. The van der Waals surface area contributed by atoms with Crippen molar-refractivity contribution >= 4 is 40.9 Å². The molecule has 3 aliphatic rings. The first kappa shape index (κ1) is 24.6. The second-order valence-electron chi connectivity index (χ2n) is 10.4. The Morgan fingerprint density at radius 1 is 0.868 bits per heavy atom. The van der Waals surface area contributed by atoms with E-state index in [2.05, 4.69) is 12.1 Å². The molecule has 2 saturated carbocycles. The summed E-state index contributed by atoms with van der Waals surface area (Å²) in [6.07, 6.45) is 0.785. The Morgan fingerprint density at radius 2 is 1.58 bits per heavy atom.